The summed E-state index contributed by atoms with van der Waals surface area (Å²) >= 11 is 0. The zero-order chi connectivity index (χ0) is 34.2. The molecule has 0 amide bonds. The van der Waals surface area contributed by atoms with Gasteiger partial charge in [0, 0.05) is 55.4 Å². The zero-order valence-corrected chi connectivity index (χ0v) is 28.5. The Hall–Kier alpha value is -3.98. The van der Waals surface area contributed by atoms with Crippen LogP contribution < -0.4 is 30.2 Å². The molecule has 260 valence electrons. The van der Waals surface area contributed by atoms with Crippen LogP contribution in [0.1, 0.15) is 73.8 Å². The van der Waals surface area contributed by atoms with E-state index in [2.05, 4.69) is 52.7 Å². The smallest absolute Gasteiger partial charge is 0.200 e. The summed E-state index contributed by atoms with van der Waals surface area (Å²) in [5, 5.41) is 42.7. The number of aromatic hydroxyl groups is 1. The second kappa shape index (κ2) is 16.4. The fraction of sp³-hybridized carbons (Fsp3) is 0.568. The van der Waals surface area contributed by atoms with Crippen molar-refractivity contribution in [1.82, 2.24) is 16.0 Å². The number of aliphatic hydroxyl groups excluding tert-OH is 2. The summed E-state index contributed by atoms with van der Waals surface area (Å²) in [6.07, 6.45) is 2.18. The van der Waals surface area contributed by atoms with Crippen LogP contribution in [0.25, 0.3) is 0 Å². The van der Waals surface area contributed by atoms with Gasteiger partial charge in [-0.25, -0.2) is 0 Å². The van der Waals surface area contributed by atoms with E-state index in [-0.39, 0.29) is 48.8 Å². The van der Waals surface area contributed by atoms with Crippen LogP contribution in [0.15, 0.2) is 23.2 Å². The first-order chi connectivity index (χ1) is 23.2. The number of fused-ring (bicyclic) bond motifs is 5. The number of nitrogens with zero attached hydrogens (tertiary/aromatic N) is 1. The summed E-state index contributed by atoms with van der Waals surface area (Å²) in [5.41, 5.74) is 4.01. The van der Waals surface area contributed by atoms with Gasteiger partial charge in [-0.2, -0.15) is 0 Å². The number of ether oxygens (including phenoxy) is 3. The average Bonchev–Trinajstić information content (AvgIpc) is 3.06. The van der Waals surface area contributed by atoms with Crippen molar-refractivity contribution in [3.05, 3.63) is 46.0 Å². The predicted octanol–water partition coefficient (Wildman–Crippen LogP) is 2.97. The summed E-state index contributed by atoms with van der Waals surface area (Å²) in [6.45, 7) is 6.06. The number of phenolic OH excluding ortho intramolecular Hbond substituents is 1. The lowest BCUT2D eigenvalue weighted by atomic mass is 9.84. The number of rotatable bonds is 8. The molecule has 0 spiro atoms. The Bertz CT molecular complexity index is 1550. The lowest BCUT2D eigenvalue weighted by molar-refractivity contribution is -0.121. The molecule has 0 saturated heterocycles. The lowest BCUT2D eigenvalue weighted by Gasteiger charge is -2.36. The molecule has 0 unspecified atom stereocenters. The van der Waals surface area contributed by atoms with Gasteiger partial charge in [0.05, 0.1) is 18.8 Å². The minimum atomic E-state index is -1.05. The maximum Gasteiger partial charge on any atom is 0.200 e. The molecule has 11 heteroatoms. The SMILES string of the molecule is CNCOc1c2cc(c3c1O[C@@H](O)[C@@H](C[C@H]1CCN=C(NCC(C)C)N1)C3)CC[C@@H](O)CC(=O)CCc1ccc(O)c(OC)c1C#CC2. The van der Waals surface area contributed by atoms with Crippen molar-refractivity contribution in [2.75, 3.05) is 34.0 Å². The van der Waals surface area contributed by atoms with Gasteiger partial charge in [0.15, 0.2) is 29.0 Å². The molecule has 2 aromatic carbocycles. The number of aryl methyl sites for hydroxylation is 2. The van der Waals surface area contributed by atoms with E-state index in [1.165, 1.54) is 7.11 Å². The van der Waals surface area contributed by atoms with Crippen LogP contribution in [0, 0.1) is 23.7 Å². The van der Waals surface area contributed by atoms with Gasteiger partial charge in [0.1, 0.15) is 12.5 Å². The molecule has 2 aromatic rings. The maximum atomic E-state index is 12.9. The Morgan fingerprint density at radius 1 is 1.10 bits per heavy atom. The fourth-order valence-corrected chi connectivity index (χ4v) is 6.63. The monoisotopic (exact) mass is 662 g/mol. The number of Topliss-reactive ketones (excluding diaryl/α,β-unsaturated/α-hetero) is 1. The van der Waals surface area contributed by atoms with Crippen LogP contribution >= 0.6 is 0 Å². The normalized spacial score (nSPS) is 22.7. The molecule has 0 aromatic heterocycles. The number of hydrogen-bond acceptors (Lipinski definition) is 11. The number of ketones is 1. The molecule has 0 fully saturated rings. The van der Waals surface area contributed by atoms with Crippen LogP contribution in [0.4, 0.5) is 0 Å². The van der Waals surface area contributed by atoms with E-state index in [4.69, 9.17) is 14.2 Å². The predicted molar refractivity (Wildman–Crippen MR) is 184 cm³/mol. The number of nitrogens with one attached hydrogen (secondary N) is 3. The lowest BCUT2D eigenvalue weighted by Crippen LogP contribution is -2.49. The highest BCUT2D eigenvalue weighted by Crippen LogP contribution is 2.45. The highest BCUT2D eigenvalue weighted by molar-refractivity contribution is 5.80. The topological polar surface area (TPSA) is 154 Å². The van der Waals surface area contributed by atoms with Crippen molar-refractivity contribution in [1.29, 1.82) is 0 Å². The highest BCUT2D eigenvalue weighted by Gasteiger charge is 2.36. The molecule has 5 rings (SSSR count). The highest BCUT2D eigenvalue weighted by atomic mass is 16.6. The molecule has 4 atom stereocenters. The number of carbonyl (C=O) groups excluding carboxylic acids is 1. The van der Waals surface area contributed by atoms with Crippen molar-refractivity contribution >= 4 is 11.7 Å². The summed E-state index contributed by atoms with van der Waals surface area (Å²) in [6, 6.07) is 5.49. The third kappa shape index (κ3) is 8.73. The van der Waals surface area contributed by atoms with Crippen LogP contribution in [0.5, 0.6) is 23.0 Å². The fourth-order valence-electron chi connectivity index (χ4n) is 6.63. The van der Waals surface area contributed by atoms with Gasteiger partial charge in [-0.15, -0.1) is 0 Å². The van der Waals surface area contributed by atoms with E-state index in [9.17, 15) is 20.1 Å². The van der Waals surface area contributed by atoms with E-state index in [1.54, 1.807) is 19.2 Å². The quantitative estimate of drug-likeness (QED) is 0.184. The van der Waals surface area contributed by atoms with Crippen molar-refractivity contribution in [2.24, 2.45) is 16.8 Å². The van der Waals surface area contributed by atoms with Gasteiger partial charge >= 0.3 is 0 Å². The zero-order valence-electron chi connectivity index (χ0n) is 28.5. The van der Waals surface area contributed by atoms with Crippen LogP contribution in [-0.2, 0) is 30.5 Å². The van der Waals surface area contributed by atoms with Crippen molar-refractivity contribution in [3.8, 4) is 34.8 Å². The van der Waals surface area contributed by atoms with Crippen molar-refractivity contribution in [3.63, 3.8) is 0 Å². The molecule has 48 heavy (non-hydrogen) atoms. The minimum Gasteiger partial charge on any atom is -0.504 e. The number of benzene rings is 2. The van der Waals surface area contributed by atoms with Gasteiger partial charge in [0.25, 0.3) is 0 Å². The largest absolute Gasteiger partial charge is 0.504 e. The third-order valence-corrected chi connectivity index (χ3v) is 9.13. The minimum absolute atomic E-state index is 0.0324. The summed E-state index contributed by atoms with van der Waals surface area (Å²) < 4.78 is 18.0. The molecular weight excluding hydrogens is 612 g/mol. The number of guanidine groups is 1. The Kier molecular flexibility index (Phi) is 12.1. The molecule has 2 bridgehead atoms. The molecule has 3 aliphatic rings. The van der Waals surface area contributed by atoms with Gasteiger partial charge in [-0.1, -0.05) is 37.8 Å². The molecule has 0 saturated carbocycles. The Morgan fingerprint density at radius 2 is 1.94 bits per heavy atom. The van der Waals surface area contributed by atoms with E-state index >= 15 is 0 Å². The number of hydrogen-bond donors (Lipinski definition) is 6. The molecule has 0 radical (unpaired) electrons. The first-order valence-corrected chi connectivity index (χ1v) is 17.1. The third-order valence-electron chi connectivity index (χ3n) is 9.13. The molecule has 2 aliphatic heterocycles. The van der Waals surface area contributed by atoms with Gasteiger partial charge in [-0.3, -0.25) is 15.1 Å². The number of phenols is 1. The van der Waals surface area contributed by atoms with E-state index in [1.807, 2.05) is 0 Å². The number of aliphatic hydroxyl groups is 2. The van der Waals surface area contributed by atoms with Gasteiger partial charge < -0.3 is 40.2 Å². The molecule has 2 heterocycles. The van der Waals surface area contributed by atoms with E-state index in [0.29, 0.717) is 68.1 Å². The van der Waals surface area contributed by atoms with Crippen molar-refractivity contribution in [2.45, 2.75) is 90.1 Å². The Morgan fingerprint density at radius 3 is 2.71 bits per heavy atom. The summed E-state index contributed by atoms with van der Waals surface area (Å²) in [5.74, 6) is 8.72. The van der Waals surface area contributed by atoms with Crippen LogP contribution in [0.2, 0.25) is 0 Å². The maximum absolute atomic E-state index is 12.9. The Labute approximate surface area is 283 Å². The molecular formula is C37H50N4O7. The molecule has 11 nitrogen and oxygen atoms in total. The first kappa shape index (κ1) is 35.3. The summed E-state index contributed by atoms with van der Waals surface area (Å²) in [4.78, 5) is 17.5. The van der Waals surface area contributed by atoms with E-state index < -0.39 is 12.4 Å². The van der Waals surface area contributed by atoms with Crippen LogP contribution in [0.3, 0.4) is 0 Å². The summed E-state index contributed by atoms with van der Waals surface area (Å²) in [7, 11) is 3.26. The molecule has 6 N–H and O–H groups in total. The number of aliphatic imine (C=N–C) groups is 1. The molecule has 1 aliphatic carbocycles. The van der Waals surface area contributed by atoms with Crippen molar-refractivity contribution < 1.29 is 34.3 Å². The standard InChI is InChI=1S/C37H50N4O7/c1-22(2)20-40-37-39-15-14-27(41-37)17-26-18-31-24-9-12-29(43)19-28(42)11-8-23-10-13-32(44)34(46-4)30(23)7-5-6-25(16-24)33(47-21-38-3)35(31)48-36(26)45/h10,13,16,22,26-27,29,36,38,43-45H,6,8-9,11-12,14-15,17-21H2,1-4H3,(H2,39,40,41)/t26-,27+,29+,36+/m0/s1. The van der Waals surface area contributed by atoms with Gasteiger partial charge in [-0.05, 0) is 68.7 Å². The second-order valence-corrected chi connectivity index (χ2v) is 13.4. The van der Waals surface area contributed by atoms with Gasteiger partial charge in [0.2, 0.25) is 6.29 Å². The second-order valence-electron chi connectivity index (χ2n) is 13.4. The number of carbonyl (C=O) groups is 1. The first-order valence-electron chi connectivity index (χ1n) is 17.1. The van der Waals surface area contributed by atoms with E-state index in [0.717, 1.165) is 41.2 Å². The average molecular weight is 663 g/mol. The number of methoxy groups -OCH3 is 1. The van der Waals surface area contributed by atoms with Crippen LogP contribution in [-0.4, -0.2) is 79.5 Å². The Balaban J connectivity index is 1.50.